The normalized spacial score (nSPS) is 16.7. The van der Waals surface area contributed by atoms with Crippen molar-refractivity contribution in [1.82, 2.24) is 25.6 Å². The fraction of sp³-hybridized carbons (Fsp3) is 0.438. The van der Waals surface area contributed by atoms with E-state index in [9.17, 15) is 4.79 Å². The molecule has 3 heterocycles. The Bertz CT molecular complexity index is 651. The molecule has 1 aliphatic heterocycles. The topological polar surface area (TPSA) is 94.7 Å². The lowest BCUT2D eigenvalue weighted by Crippen LogP contribution is -2.42. The maximum absolute atomic E-state index is 12.3. The SMILES string of the molecule is Cc1ccc(NCCCNC(=O)C2NCCc3[nH]cnc32)nc1. The summed E-state index contributed by atoms with van der Waals surface area (Å²) in [5.41, 5.74) is 3.01. The molecule has 3 rings (SSSR count). The van der Waals surface area contributed by atoms with E-state index >= 15 is 0 Å². The van der Waals surface area contributed by atoms with Crippen LogP contribution >= 0.6 is 0 Å². The van der Waals surface area contributed by atoms with Gasteiger partial charge in [0.05, 0.1) is 12.0 Å². The molecule has 2 aromatic rings. The van der Waals surface area contributed by atoms with E-state index in [-0.39, 0.29) is 11.9 Å². The van der Waals surface area contributed by atoms with Crippen molar-refractivity contribution in [3.8, 4) is 0 Å². The molecule has 1 atom stereocenters. The summed E-state index contributed by atoms with van der Waals surface area (Å²) in [5, 5.41) is 9.42. The van der Waals surface area contributed by atoms with Crippen LogP contribution in [0.2, 0.25) is 0 Å². The van der Waals surface area contributed by atoms with Gasteiger partial charge in [-0.2, -0.15) is 0 Å². The molecule has 0 saturated heterocycles. The summed E-state index contributed by atoms with van der Waals surface area (Å²) in [6.45, 7) is 4.18. The third-order valence-corrected chi connectivity index (χ3v) is 3.88. The molecule has 2 aromatic heterocycles. The number of hydrogen-bond acceptors (Lipinski definition) is 5. The second kappa shape index (κ2) is 7.23. The Morgan fingerprint density at radius 1 is 1.35 bits per heavy atom. The van der Waals surface area contributed by atoms with Crippen LogP contribution in [0.5, 0.6) is 0 Å². The first-order valence-electron chi connectivity index (χ1n) is 7.94. The molecule has 1 amide bonds. The van der Waals surface area contributed by atoms with Gasteiger partial charge in [0.2, 0.25) is 5.91 Å². The lowest BCUT2D eigenvalue weighted by atomic mass is 10.1. The minimum atomic E-state index is -0.350. The van der Waals surface area contributed by atoms with Gasteiger partial charge < -0.3 is 20.9 Å². The molecule has 0 radical (unpaired) electrons. The van der Waals surface area contributed by atoms with Crippen LogP contribution in [-0.4, -0.2) is 40.5 Å². The number of hydrogen-bond donors (Lipinski definition) is 4. The number of aromatic amines is 1. The highest BCUT2D eigenvalue weighted by Crippen LogP contribution is 2.18. The fourth-order valence-electron chi connectivity index (χ4n) is 2.63. The van der Waals surface area contributed by atoms with E-state index in [0.29, 0.717) is 6.54 Å². The summed E-state index contributed by atoms with van der Waals surface area (Å²) in [6.07, 6.45) is 5.20. The van der Waals surface area contributed by atoms with E-state index in [2.05, 4.69) is 30.9 Å². The molecule has 0 bridgehead atoms. The van der Waals surface area contributed by atoms with Gasteiger partial charge in [-0.1, -0.05) is 6.07 Å². The van der Waals surface area contributed by atoms with E-state index in [1.54, 1.807) is 6.33 Å². The van der Waals surface area contributed by atoms with Crippen LogP contribution < -0.4 is 16.0 Å². The van der Waals surface area contributed by atoms with Crippen LogP contribution in [0.4, 0.5) is 5.82 Å². The van der Waals surface area contributed by atoms with Crippen molar-refractivity contribution in [3.05, 3.63) is 41.6 Å². The lowest BCUT2D eigenvalue weighted by molar-refractivity contribution is -0.123. The zero-order valence-corrected chi connectivity index (χ0v) is 13.2. The zero-order valence-electron chi connectivity index (χ0n) is 13.2. The number of pyridine rings is 1. The predicted octanol–water partition coefficient (Wildman–Crippen LogP) is 0.918. The van der Waals surface area contributed by atoms with Crippen molar-refractivity contribution in [2.45, 2.75) is 25.8 Å². The number of rotatable bonds is 6. The van der Waals surface area contributed by atoms with Gasteiger partial charge in [-0.3, -0.25) is 4.79 Å². The van der Waals surface area contributed by atoms with Crippen molar-refractivity contribution in [3.63, 3.8) is 0 Å². The Hall–Kier alpha value is -2.41. The Labute approximate surface area is 135 Å². The van der Waals surface area contributed by atoms with Gasteiger partial charge in [0.15, 0.2) is 0 Å². The Morgan fingerprint density at radius 2 is 2.26 bits per heavy atom. The van der Waals surface area contributed by atoms with Gasteiger partial charge >= 0.3 is 0 Å². The van der Waals surface area contributed by atoms with Crippen LogP contribution in [0.15, 0.2) is 24.7 Å². The molecule has 7 heteroatoms. The smallest absolute Gasteiger partial charge is 0.243 e. The summed E-state index contributed by atoms with van der Waals surface area (Å²) in [6, 6.07) is 3.63. The summed E-state index contributed by atoms with van der Waals surface area (Å²) in [7, 11) is 0. The van der Waals surface area contributed by atoms with E-state index in [1.165, 1.54) is 0 Å². The summed E-state index contributed by atoms with van der Waals surface area (Å²) in [5.74, 6) is 0.837. The van der Waals surface area contributed by atoms with Gasteiger partial charge in [0.25, 0.3) is 0 Å². The molecular formula is C16H22N6O. The van der Waals surface area contributed by atoms with Crippen molar-refractivity contribution in [1.29, 1.82) is 0 Å². The molecule has 1 aliphatic rings. The van der Waals surface area contributed by atoms with Gasteiger partial charge in [-0.25, -0.2) is 9.97 Å². The third-order valence-electron chi connectivity index (χ3n) is 3.88. The maximum atomic E-state index is 12.3. The van der Waals surface area contributed by atoms with Crippen LogP contribution in [0.25, 0.3) is 0 Å². The van der Waals surface area contributed by atoms with Gasteiger partial charge in [-0.15, -0.1) is 0 Å². The largest absolute Gasteiger partial charge is 0.370 e. The van der Waals surface area contributed by atoms with Crippen molar-refractivity contribution < 1.29 is 4.79 Å². The molecule has 0 spiro atoms. The van der Waals surface area contributed by atoms with Gasteiger partial charge in [-0.05, 0) is 25.0 Å². The Morgan fingerprint density at radius 3 is 3.09 bits per heavy atom. The van der Waals surface area contributed by atoms with E-state index in [0.717, 1.165) is 48.7 Å². The monoisotopic (exact) mass is 314 g/mol. The van der Waals surface area contributed by atoms with Crippen molar-refractivity contribution in [2.75, 3.05) is 25.0 Å². The first-order chi connectivity index (χ1) is 11.2. The second-order valence-corrected chi connectivity index (χ2v) is 5.70. The average Bonchev–Trinajstić information content (AvgIpc) is 3.04. The van der Waals surface area contributed by atoms with Gasteiger partial charge in [0, 0.05) is 37.9 Å². The van der Waals surface area contributed by atoms with Crippen LogP contribution in [0, 0.1) is 6.92 Å². The summed E-state index contributed by atoms with van der Waals surface area (Å²) >= 11 is 0. The standard InChI is InChI=1S/C16H22N6O/c1-11-3-4-13(20-9-11)17-6-2-7-19-16(23)15-14-12(5-8-18-15)21-10-22-14/h3-4,9-10,15,18H,2,5-8H2,1H3,(H,17,20)(H,19,23)(H,21,22). The number of nitrogens with one attached hydrogen (secondary N) is 4. The summed E-state index contributed by atoms with van der Waals surface area (Å²) < 4.78 is 0. The molecule has 0 aromatic carbocycles. The van der Waals surface area contributed by atoms with Crippen molar-refractivity contribution >= 4 is 11.7 Å². The molecular weight excluding hydrogens is 292 g/mol. The quantitative estimate of drug-likeness (QED) is 0.595. The summed E-state index contributed by atoms with van der Waals surface area (Å²) in [4.78, 5) is 23.9. The zero-order chi connectivity index (χ0) is 16.1. The van der Waals surface area contributed by atoms with Crippen LogP contribution in [0.1, 0.15) is 29.4 Å². The van der Waals surface area contributed by atoms with E-state index in [1.807, 2.05) is 25.3 Å². The highest BCUT2D eigenvalue weighted by Gasteiger charge is 2.27. The molecule has 122 valence electrons. The number of nitrogens with zero attached hydrogens (tertiary/aromatic N) is 2. The minimum absolute atomic E-state index is 0.0217. The number of fused-ring (bicyclic) bond motifs is 1. The Kier molecular flexibility index (Phi) is 4.87. The van der Waals surface area contributed by atoms with Crippen LogP contribution in [-0.2, 0) is 11.2 Å². The number of H-pyrrole nitrogens is 1. The second-order valence-electron chi connectivity index (χ2n) is 5.70. The number of imidazole rings is 1. The predicted molar refractivity (Wildman–Crippen MR) is 88.1 cm³/mol. The molecule has 7 nitrogen and oxygen atoms in total. The molecule has 23 heavy (non-hydrogen) atoms. The number of aromatic nitrogens is 3. The first kappa shape index (κ1) is 15.5. The molecule has 0 fully saturated rings. The number of carbonyl (C=O) groups excluding carboxylic acids is 1. The number of amides is 1. The van der Waals surface area contributed by atoms with E-state index in [4.69, 9.17) is 0 Å². The molecule has 0 saturated carbocycles. The number of anilines is 1. The van der Waals surface area contributed by atoms with Crippen molar-refractivity contribution in [2.24, 2.45) is 0 Å². The van der Waals surface area contributed by atoms with Crippen LogP contribution in [0.3, 0.4) is 0 Å². The first-order valence-corrected chi connectivity index (χ1v) is 7.94. The average molecular weight is 314 g/mol. The fourth-order valence-corrected chi connectivity index (χ4v) is 2.63. The maximum Gasteiger partial charge on any atom is 0.243 e. The van der Waals surface area contributed by atoms with Gasteiger partial charge in [0.1, 0.15) is 11.9 Å². The number of aryl methyl sites for hydroxylation is 1. The van der Waals surface area contributed by atoms with E-state index < -0.39 is 0 Å². The number of carbonyl (C=O) groups is 1. The lowest BCUT2D eigenvalue weighted by Gasteiger charge is -2.22. The minimum Gasteiger partial charge on any atom is -0.370 e. The molecule has 1 unspecified atom stereocenters. The molecule has 0 aliphatic carbocycles. The third kappa shape index (κ3) is 3.87. The Balaban J connectivity index is 1.39. The highest BCUT2D eigenvalue weighted by molar-refractivity contribution is 5.83. The molecule has 4 N–H and O–H groups in total. The highest BCUT2D eigenvalue weighted by atomic mass is 16.2.